The highest BCUT2D eigenvalue weighted by atomic mass is 32.2. The van der Waals surface area contributed by atoms with Crippen LogP contribution in [-0.4, -0.2) is 21.3 Å². The van der Waals surface area contributed by atoms with E-state index in [1.165, 1.54) is 11.3 Å². The summed E-state index contributed by atoms with van der Waals surface area (Å²) >= 11 is 1.88. The molecule has 0 aliphatic heterocycles. The topological polar surface area (TPSA) is 49.8 Å². The molecule has 0 saturated heterocycles. The van der Waals surface area contributed by atoms with Crippen LogP contribution in [0.15, 0.2) is 35.4 Å². The van der Waals surface area contributed by atoms with Gasteiger partial charge in [0.2, 0.25) is 5.95 Å². The fourth-order valence-electron chi connectivity index (χ4n) is 1.98. The van der Waals surface area contributed by atoms with E-state index >= 15 is 0 Å². The fraction of sp³-hybridized carbons (Fsp3) is 0.444. The van der Waals surface area contributed by atoms with Gasteiger partial charge in [0.15, 0.2) is 0 Å². The summed E-state index contributed by atoms with van der Waals surface area (Å²) in [5.41, 5.74) is 2.01. The molecule has 1 aromatic carbocycles. The summed E-state index contributed by atoms with van der Waals surface area (Å²) in [5, 5.41) is 6.72. The third-order valence-electron chi connectivity index (χ3n) is 3.03. The van der Waals surface area contributed by atoms with E-state index in [4.69, 9.17) is 0 Å². The highest BCUT2D eigenvalue weighted by Crippen LogP contribution is 2.25. The summed E-state index contributed by atoms with van der Waals surface area (Å²) in [6, 6.07) is 8.45. The molecule has 4 nitrogen and oxygen atoms in total. The van der Waals surface area contributed by atoms with Gasteiger partial charge in [0, 0.05) is 27.9 Å². The van der Waals surface area contributed by atoms with Crippen molar-refractivity contribution < 1.29 is 0 Å². The fourth-order valence-corrected chi connectivity index (χ4v) is 2.81. The Morgan fingerprint density at radius 3 is 2.70 bits per heavy atom. The molecule has 0 fully saturated rings. The lowest BCUT2D eigenvalue weighted by Crippen LogP contribution is -2.27. The first-order valence-electron chi connectivity index (χ1n) is 7.99. The number of hydrogen-bond acceptors (Lipinski definition) is 5. The summed E-state index contributed by atoms with van der Waals surface area (Å²) < 4.78 is 0. The highest BCUT2D eigenvalue weighted by Gasteiger charge is 2.12. The molecule has 0 radical (unpaired) electrons. The molecule has 2 aromatic rings. The first kappa shape index (κ1) is 17.6. The molecular weight excluding hydrogens is 304 g/mol. The molecule has 0 atom stereocenters. The Bertz CT molecular complexity index is 650. The van der Waals surface area contributed by atoms with Gasteiger partial charge in [0.1, 0.15) is 5.82 Å². The molecule has 1 heterocycles. The Hall–Kier alpha value is -1.75. The van der Waals surface area contributed by atoms with Crippen molar-refractivity contribution in [3.05, 3.63) is 36.0 Å². The van der Waals surface area contributed by atoms with Crippen LogP contribution < -0.4 is 10.6 Å². The van der Waals surface area contributed by atoms with Crippen LogP contribution in [0.1, 0.15) is 39.7 Å². The summed E-state index contributed by atoms with van der Waals surface area (Å²) in [7, 11) is 0. The number of anilines is 3. The van der Waals surface area contributed by atoms with E-state index in [-0.39, 0.29) is 5.54 Å². The molecular formula is C18H26N4S. The van der Waals surface area contributed by atoms with Crippen molar-refractivity contribution in [2.45, 2.75) is 51.5 Å². The Morgan fingerprint density at radius 2 is 2.00 bits per heavy atom. The molecule has 0 saturated carbocycles. The van der Waals surface area contributed by atoms with Gasteiger partial charge in [0.25, 0.3) is 0 Å². The third-order valence-corrected chi connectivity index (χ3v) is 4.23. The number of rotatable bonds is 6. The number of aryl methyl sites for hydroxylation is 1. The molecule has 0 aliphatic carbocycles. The zero-order valence-corrected chi connectivity index (χ0v) is 15.4. The maximum absolute atomic E-state index is 4.60. The smallest absolute Gasteiger partial charge is 0.225 e. The van der Waals surface area contributed by atoms with E-state index in [0.717, 1.165) is 22.8 Å². The van der Waals surface area contributed by atoms with Crippen molar-refractivity contribution in [3.63, 3.8) is 0 Å². The second-order valence-electron chi connectivity index (χ2n) is 6.60. The second kappa shape index (κ2) is 7.68. The van der Waals surface area contributed by atoms with Crippen molar-refractivity contribution in [3.8, 4) is 0 Å². The predicted molar refractivity (Wildman–Crippen MR) is 101 cm³/mol. The average Bonchev–Trinajstić information content (AvgIpc) is 2.47. The summed E-state index contributed by atoms with van der Waals surface area (Å²) in [6.45, 7) is 10.5. The Labute approximate surface area is 143 Å². The quantitative estimate of drug-likeness (QED) is 0.709. The maximum atomic E-state index is 4.60. The second-order valence-corrected chi connectivity index (χ2v) is 7.77. The molecule has 0 bridgehead atoms. The lowest BCUT2D eigenvalue weighted by Gasteiger charge is -2.21. The van der Waals surface area contributed by atoms with Crippen LogP contribution in [-0.2, 0) is 0 Å². The lowest BCUT2D eigenvalue weighted by molar-refractivity contribution is 0.626. The van der Waals surface area contributed by atoms with Gasteiger partial charge in [-0.3, -0.25) is 0 Å². The normalized spacial score (nSPS) is 11.3. The van der Waals surface area contributed by atoms with Gasteiger partial charge in [-0.25, -0.2) is 4.98 Å². The van der Waals surface area contributed by atoms with Gasteiger partial charge in [-0.1, -0.05) is 13.0 Å². The first-order chi connectivity index (χ1) is 10.9. The van der Waals surface area contributed by atoms with Crippen LogP contribution in [0.2, 0.25) is 0 Å². The minimum Gasteiger partial charge on any atom is -0.350 e. The van der Waals surface area contributed by atoms with Gasteiger partial charge in [-0.2, -0.15) is 4.98 Å². The molecule has 5 heteroatoms. The van der Waals surface area contributed by atoms with Gasteiger partial charge >= 0.3 is 0 Å². The maximum Gasteiger partial charge on any atom is 0.225 e. The van der Waals surface area contributed by atoms with E-state index in [9.17, 15) is 0 Å². The Kier molecular flexibility index (Phi) is 5.88. The summed E-state index contributed by atoms with van der Waals surface area (Å²) in [4.78, 5) is 10.2. The van der Waals surface area contributed by atoms with Crippen molar-refractivity contribution in [2.75, 3.05) is 16.4 Å². The standard InChI is InChI=1S/C18H26N4S/c1-6-10-23-15-9-7-8-14(11-15)20-16-13(2)12-19-17(21-16)22-18(3,4)5/h7-9,11-12H,6,10H2,1-5H3,(H2,19,20,21,22). The van der Waals surface area contributed by atoms with Crippen molar-refractivity contribution >= 4 is 29.2 Å². The first-order valence-corrected chi connectivity index (χ1v) is 8.97. The van der Waals surface area contributed by atoms with Crippen molar-refractivity contribution in [1.82, 2.24) is 9.97 Å². The van der Waals surface area contributed by atoms with E-state index in [1.807, 2.05) is 24.9 Å². The molecule has 0 amide bonds. The number of nitrogens with one attached hydrogen (secondary N) is 2. The number of nitrogens with zero attached hydrogens (tertiary/aromatic N) is 2. The zero-order chi connectivity index (χ0) is 16.9. The molecule has 124 valence electrons. The van der Waals surface area contributed by atoms with Crippen LogP contribution in [0.3, 0.4) is 0 Å². The molecule has 0 unspecified atom stereocenters. The van der Waals surface area contributed by atoms with E-state index in [0.29, 0.717) is 5.95 Å². The summed E-state index contributed by atoms with van der Waals surface area (Å²) in [5.74, 6) is 2.61. The van der Waals surface area contributed by atoms with E-state index in [1.54, 1.807) is 0 Å². The summed E-state index contributed by atoms with van der Waals surface area (Å²) in [6.07, 6.45) is 3.02. The van der Waals surface area contributed by atoms with Gasteiger partial charge in [0.05, 0.1) is 0 Å². The molecule has 23 heavy (non-hydrogen) atoms. The van der Waals surface area contributed by atoms with Crippen LogP contribution in [0.5, 0.6) is 0 Å². The average molecular weight is 331 g/mol. The third kappa shape index (κ3) is 5.75. The van der Waals surface area contributed by atoms with Gasteiger partial charge in [-0.05, 0) is 58.1 Å². The monoisotopic (exact) mass is 330 g/mol. The number of hydrogen-bond donors (Lipinski definition) is 2. The minimum atomic E-state index is -0.0662. The zero-order valence-electron chi connectivity index (χ0n) is 14.6. The Balaban J connectivity index is 2.17. The number of aromatic nitrogens is 2. The number of benzene rings is 1. The molecule has 2 N–H and O–H groups in total. The molecule has 0 aliphatic rings. The van der Waals surface area contributed by atoms with Gasteiger partial charge in [-0.15, -0.1) is 11.8 Å². The largest absolute Gasteiger partial charge is 0.350 e. The lowest BCUT2D eigenvalue weighted by atomic mass is 10.1. The highest BCUT2D eigenvalue weighted by molar-refractivity contribution is 7.99. The van der Waals surface area contributed by atoms with Gasteiger partial charge < -0.3 is 10.6 Å². The number of thioether (sulfide) groups is 1. The SMILES string of the molecule is CCCSc1cccc(Nc2nc(NC(C)(C)C)ncc2C)c1. The Morgan fingerprint density at radius 1 is 1.22 bits per heavy atom. The van der Waals surface area contributed by atoms with Crippen molar-refractivity contribution in [1.29, 1.82) is 0 Å². The van der Waals surface area contributed by atoms with Crippen LogP contribution in [0, 0.1) is 6.92 Å². The van der Waals surface area contributed by atoms with Crippen LogP contribution >= 0.6 is 11.8 Å². The molecule has 2 rings (SSSR count). The molecule has 1 aromatic heterocycles. The van der Waals surface area contributed by atoms with E-state index in [2.05, 4.69) is 72.6 Å². The molecule has 0 spiro atoms. The van der Waals surface area contributed by atoms with Crippen LogP contribution in [0.4, 0.5) is 17.5 Å². The predicted octanol–water partition coefficient (Wildman–Crippen LogP) is 5.24. The van der Waals surface area contributed by atoms with Crippen LogP contribution in [0.25, 0.3) is 0 Å². The van der Waals surface area contributed by atoms with Crippen molar-refractivity contribution in [2.24, 2.45) is 0 Å². The van der Waals surface area contributed by atoms with E-state index < -0.39 is 0 Å². The minimum absolute atomic E-state index is 0.0662.